The third kappa shape index (κ3) is 6.53. The van der Waals surface area contributed by atoms with Gasteiger partial charge in [-0.1, -0.05) is 28.9 Å². The smallest absolute Gasteiger partial charge is 0.228 e. The Morgan fingerprint density at radius 2 is 2.15 bits per heavy atom. The number of guanidine groups is 1. The van der Waals surface area contributed by atoms with Gasteiger partial charge in [-0.05, 0) is 39.2 Å². The summed E-state index contributed by atoms with van der Waals surface area (Å²) in [5.41, 5.74) is 0.842. The molecule has 0 saturated carbocycles. The maximum atomic E-state index is 6.00. The number of halogens is 1. The lowest BCUT2D eigenvalue weighted by Crippen LogP contribution is -2.39. The molecule has 0 fully saturated rings. The van der Waals surface area contributed by atoms with E-state index in [9.17, 15) is 0 Å². The first kappa shape index (κ1) is 20.6. The lowest BCUT2D eigenvalue weighted by atomic mass is 10.2. The standard InChI is InChI=1S/C18H26ClN5OS/c1-5-20-17(22-12-18(2,3)26-4)21-10-9-15-23-16(24-25-15)13-7-6-8-14(19)11-13/h6-8,11H,5,9-10,12H2,1-4H3,(H2,20,21,22). The summed E-state index contributed by atoms with van der Waals surface area (Å²) in [5, 5.41) is 11.2. The van der Waals surface area contributed by atoms with Crippen molar-refractivity contribution in [2.45, 2.75) is 31.9 Å². The molecule has 0 aliphatic carbocycles. The summed E-state index contributed by atoms with van der Waals surface area (Å²) in [5.74, 6) is 1.92. The van der Waals surface area contributed by atoms with Crippen LogP contribution in [-0.4, -0.2) is 46.7 Å². The van der Waals surface area contributed by atoms with Gasteiger partial charge >= 0.3 is 0 Å². The minimum absolute atomic E-state index is 0.112. The normalized spacial score (nSPS) is 12.3. The molecule has 142 valence electrons. The molecular formula is C18H26ClN5OS. The van der Waals surface area contributed by atoms with Crippen LogP contribution in [0.25, 0.3) is 11.4 Å². The lowest BCUT2D eigenvalue weighted by molar-refractivity contribution is 0.378. The fourth-order valence-corrected chi connectivity index (χ4v) is 2.45. The van der Waals surface area contributed by atoms with Crippen LogP contribution in [0.3, 0.4) is 0 Å². The van der Waals surface area contributed by atoms with Crippen molar-refractivity contribution in [3.8, 4) is 11.4 Å². The molecule has 1 aromatic carbocycles. The SMILES string of the molecule is CCNC(=NCC(C)(C)SC)NCCc1nc(-c2cccc(Cl)c2)no1. The summed E-state index contributed by atoms with van der Waals surface area (Å²) in [7, 11) is 0. The average molecular weight is 396 g/mol. The van der Waals surface area contributed by atoms with Crippen LogP contribution < -0.4 is 10.6 Å². The summed E-state index contributed by atoms with van der Waals surface area (Å²) in [6.07, 6.45) is 2.72. The predicted octanol–water partition coefficient (Wildman–Crippen LogP) is 3.63. The third-order valence-corrected chi connectivity index (χ3v) is 5.17. The number of aliphatic imine (C=N–C) groups is 1. The highest BCUT2D eigenvalue weighted by molar-refractivity contribution is 7.99. The molecule has 0 radical (unpaired) electrons. The summed E-state index contributed by atoms with van der Waals surface area (Å²) < 4.78 is 5.44. The van der Waals surface area contributed by atoms with E-state index in [2.05, 4.69) is 45.9 Å². The molecule has 2 rings (SSSR count). The number of benzene rings is 1. The van der Waals surface area contributed by atoms with E-state index in [1.54, 1.807) is 11.8 Å². The van der Waals surface area contributed by atoms with Crippen molar-refractivity contribution in [3.05, 3.63) is 35.2 Å². The number of aromatic nitrogens is 2. The van der Waals surface area contributed by atoms with Gasteiger partial charge in [0.1, 0.15) is 0 Å². The second kappa shape index (κ2) is 9.83. The van der Waals surface area contributed by atoms with Crippen molar-refractivity contribution in [2.75, 3.05) is 25.9 Å². The first-order valence-electron chi connectivity index (χ1n) is 8.59. The van der Waals surface area contributed by atoms with E-state index < -0.39 is 0 Å². The Labute approximate surface area is 164 Å². The number of thioether (sulfide) groups is 1. The van der Waals surface area contributed by atoms with Crippen LogP contribution >= 0.6 is 23.4 Å². The maximum absolute atomic E-state index is 6.00. The molecule has 0 spiro atoms. The lowest BCUT2D eigenvalue weighted by Gasteiger charge is -2.20. The zero-order chi connectivity index (χ0) is 19.0. The number of hydrogen-bond donors (Lipinski definition) is 2. The van der Waals surface area contributed by atoms with Gasteiger partial charge in [0.05, 0.1) is 6.54 Å². The van der Waals surface area contributed by atoms with Crippen LogP contribution in [0.15, 0.2) is 33.8 Å². The first-order chi connectivity index (χ1) is 12.4. The van der Waals surface area contributed by atoms with Gasteiger partial charge in [-0.25, -0.2) is 0 Å². The molecule has 0 aliphatic heterocycles. The van der Waals surface area contributed by atoms with Crippen molar-refractivity contribution < 1.29 is 4.52 Å². The molecule has 1 heterocycles. The molecule has 26 heavy (non-hydrogen) atoms. The maximum Gasteiger partial charge on any atom is 0.228 e. The molecule has 0 unspecified atom stereocenters. The Hall–Kier alpha value is -1.73. The number of rotatable bonds is 8. The van der Waals surface area contributed by atoms with Crippen LogP contribution in [0.4, 0.5) is 0 Å². The molecule has 1 aromatic heterocycles. The Bertz CT molecular complexity index is 732. The van der Waals surface area contributed by atoms with Gasteiger partial charge in [0.2, 0.25) is 11.7 Å². The van der Waals surface area contributed by atoms with Crippen LogP contribution in [0.1, 0.15) is 26.7 Å². The molecule has 0 saturated heterocycles. The minimum atomic E-state index is 0.112. The van der Waals surface area contributed by atoms with E-state index in [0.717, 1.165) is 24.6 Å². The summed E-state index contributed by atoms with van der Waals surface area (Å²) in [6.45, 7) is 8.62. The van der Waals surface area contributed by atoms with Gasteiger partial charge in [-0.15, -0.1) is 0 Å². The van der Waals surface area contributed by atoms with E-state index in [-0.39, 0.29) is 4.75 Å². The van der Waals surface area contributed by atoms with E-state index in [4.69, 9.17) is 16.1 Å². The molecule has 0 atom stereocenters. The highest BCUT2D eigenvalue weighted by atomic mass is 35.5. The van der Waals surface area contributed by atoms with Crippen LogP contribution in [-0.2, 0) is 6.42 Å². The Morgan fingerprint density at radius 3 is 2.85 bits per heavy atom. The quantitative estimate of drug-likeness (QED) is 0.525. The highest BCUT2D eigenvalue weighted by Crippen LogP contribution is 2.21. The van der Waals surface area contributed by atoms with Gasteiger partial charge < -0.3 is 15.2 Å². The van der Waals surface area contributed by atoms with Gasteiger partial charge in [0.25, 0.3) is 0 Å². The van der Waals surface area contributed by atoms with Gasteiger partial charge in [0.15, 0.2) is 5.96 Å². The van der Waals surface area contributed by atoms with Crippen molar-refractivity contribution in [1.29, 1.82) is 0 Å². The topological polar surface area (TPSA) is 75.3 Å². The van der Waals surface area contributed by atoms with Crippen LogP contribution in [0.2, 0.25) is 5.02 Å². The van der Waals surface area contributed by atoms with Crippen molar-refractivity contribution >= 4 is 29.3 Å². The third-order valence-electron chi connectivity index (χ3n) is 3.70. The Balaban J connectivity index is 1.90. The molecule has 2 N–H and O–H groups in total. The summed E-state index contributed by atoms with van der Waals surface area (Å²) >= 11 is 7.81. The first-order valence-corrected chi connectivity index (χ1v) is 10.2. The summed E-state index contributed by atoms with van der Waals surface area (Å²) in [6, 6.07) is 7.40. The monoisotopic (exact) mass is 395 g/mol. The number of nitrogens with zero attached hydrogens (tertiary/aromatic N) is 3. The van der Waals surface area contributed by atoms with Crippen LogP contribution in [0, 0.1) is 0 Å². The fraction of sp³-hybridized carbons (Fsp3) is 0.500. The van der Waals surface area contributed by atoms with E-state index in [1.807, 2.05) is 31.2 Å². The molecule has 0 aliphatic rings. The largest absolute Gasteiger partial charge is 0.357 e. The second-order valence-electron chi connectivity index (χ2n) is 6.36. The van der Waals surface area contributed by atoms with Crippen molar-refractivity contribution in [1.82, 2.24) is 20.8 Å². The number of hydrogen-bond acceptors (Lipinski definition) is 5. The molecular weight excluding hydrogens is 370 g/mol. The van der Waals surface area contributed by atoms with E-state index in [0.29, 0.717) is 29.7 Å². The zero-order valence-corrected chi connectivity index (χ0v) is 17.2. The molecule has 0 bridgehead atoms. The number of nitrogens with one attached hydrogen (secondary N) is 2. The van der Waals surface area contributed by atoms with Crippen molar-refractivity contribution in [2.24, 2.45) is 4.99 Å². The van der Waals surface area contributed by atoms with Gasteiger partial charge in [-0.3, -0.25) is 4.99 Å². The molecule has 2 aromatic rings. The minimum Gasteiger partial charge on any atom is -0.357 e. The van der Waals surface area contributed by atoms with Crippen LogP contribution in [0.5, 0.6) is 0 Å². The van der Waals surface area contributed by atoms with Gasteiger partial charge in [-0.2, -0.15) is 16.7 Å². The summed E-state index contributed by atoms with van der Waals surface area (Å²) in [4.78, 5) is 9.06. The van der Waals surface area contributed by atoms with E-state index in [1.165, 1.54) is 0 Å². The molecule has 8 heteroatoms. The highest BCUT2D eigenvalue weighted by Gasteiger charge is 2.15. The van der Waals surface area contributed by atoms with Crippen molar-refractivity contribution in [3.63, 3.8) is 0 Å². The Morgan fingerprint density at radius 1 is 1.35 bits per heavy atom. The fourth-order valence-electron chi connectivity index (χ4n) is 2.06. The molecule has 6 nitrogen and oxygen atoms in total. The second-order valence-corrected chi connectivity index (χ2v) is 8.31. The average Bonchev–Trinajstić information content (AvgIpc) is 3.09. The molecule has 0 amide bonds. The van der Waals surface area contributed by atoms with Gasteiger partial charge in [0, 0.05) is 34.8 Å². The Kier molecular flexibility index (Phi) is 7.78. The zero-order valence-electron chi connectivity index (χ0n) is 15.7. The van der Waals surface area contributed by atoms with E-state index >= 15 is 0 Å². The predicted molar refractivity (Wildman–Crippen MR) is 110 cm³/mol.